The van der Waals surface area contributed by atoms with Crippen molar-refractivity contribution in [3.8, 4) is 0 Å². The summed E-state index contributed by atoms with van der Waals surface area (Å²) in [5.41, 5.74) is 1.45. The van der Waals surface area contributed by atoms with Gasteiger partial charge in [0.2, 0.25) is 0 Å². The fraction of sp³-hybridized carbons (Fsp3) is 0.647. The average Bonchev–Trinajstić information content (AvgIpc) is 2.46. The summed E-state index contributed by atoms with van der Waals surface area (Å²) in [4.78, 5) is 0. The first kappa shape index (κ1) is 14.5. The van der Waals surface area contributed by atoms with E-state index in [1.165, 1.54) is 50.6 Å². The fourth-order valence-corrected chi connectivity index (χ4v) is 2.92. The van der Waals surface area contributed by atoms with Crippen LogP contribution in [0.4, 0.5) is 0 Å². The molecule has 1 heterocycles. The van der Waals surface area contributed by atoms with E-state index < -0.39 is 0 Å². The van der Waals surface area contributed by atoms with Crippen molar-refractivity contribution >= 4 is 0 Å². The van der Waals surface area contributed by atoms with Gasteiger partial charge in [-0.3, -0.25) is 0 Å². The maximum Gasteiger partial charge on any atom is 0.00817 e. The quantitative estimate of drug-likeness (QED) is 0.736. The molecule has 0 bridgehead atoms. The summed E-state index contributed by atoms with van der Waals surface area (Å²) in [6, 6.07) is 12.1. The van der Waals surface area contributed by atoms with E-state index in [1.54, 1.807) is 0 Å². The topological polar surface area (TPSA) is 24.1 Å². The minimum atomic E-state index is 0.631. The molecule has 0 saturated carbocycles. The van der Waals surface area contributed by atoms with Crippen LogP contribution in [-0.2, 0) is 6.42 Å². The predicted molar refractivity (Wildman–Crippen MR) is 82.5 cm³/mol. The molecular formula is C17H28N2. The van der Waals surface area contributed by atoms with Crippen molar-refractivity contribution < 1.29 is 0 Å². The lowest BCUT2D eigenvalue weighted by Gasteiger charge is -2.26. The van der Waals surface area contributed by atoms with Gasteiger partial charge in [-0.05, 0) is 57.7 Å². The SMILES string of the molecule is CC(CC1CCCCN1)NCCCc1ccccc1. The Bertz CT molecular complexity index is 330. The molecule has 2 rings (SSSR count). The van der Waals surface area contributed by atoms with Gasteiger partial charge < -0.3 is 10.6 Å². The van der Waals surface area contributed by atoms with Crippen LogP contribution in [0.15, 0.2) is 30.3 Å². The Kier molecular flexibility index (Phi) is 6.38. The first-order valence-corrected chi connectivity index (χ1v) is 7.85. The molecule has 1 saturated heterocycles. The van der Waals surface area contributed by atoms with Gasteiger partial charge in [-0.25, -0.2) is 0 Å². The molecule has 0 radical (unpaired) electrons. The van der Waals surface area contributed by atoms with Crippen LogP contribution < -0.4 is 10.6 Å². The third-order valence-electron chi connectivity index (χ3n) is 4.03. The third-order valence-corrected chi connectivity index (χ3v) is 4.03. The minimum Gasteiger partial charge on any atom is -0.314 e. The first-order chi connectivity index (χ1) is 9.34. The summed E-state index contributed by atoms with van der Waals surface area (Å²) in [5.74, 6) is 0. The van der Waals surface area contributed by atoms with E-state index in [-0.39, 0.29) is 0 Å². The van der Waals surface area contributed by atoms with Crippen LogP contribution >= 0.6 is 0 Å². The molecular weight excluding hydrogens is 232 g/mol. The third kappa shape index (κ3) is 5.75. The fourth-order valence-electron chi connectivity index (χ4n) is 2.92. The molecule has 0 aromatic heterocycles. The zero-order valence-corrected chi connectivity index (χ0v) is 12.2. The first-order valence-electron chi connectivity index (χ1n) is 7.85. The highest BCUT2D eigenvalue weighted by Gasteiger charge is 2.14. The monoisotopic (exact) mass is 260 g/mol. The Balaban J connectivity index is 1.55. The van der Waals surface area contributed by atoms with Crippen LogP contribution in [0, 0.1) is 0 Å². The molecule has 1 aromatic rings. The van der Waals surface area contributed by atoms with E-state index >= 15 is 0 Å². The van der Waals surface area contributed by atoms with E-state index in [1.807, 2.05) is 0 Å². The van der Waals surface area contributed by atoms with Crippen molar-refractivity contribution in [1.29, 1.82) is 0 Å². The summed E-state index contributed by atoms with van der Waals surface area (Å²) in [6.45, 7) is 4.66. The summed E-state index contributed by atoms with van der Waals surface area (Å²) in [7, 11) is 0. The van der Waals surface area contributed by atoms with Gasteiger partial charge in [0.15, 0.2) is 0 Å². The van der Waals surface area contributed by atoms with Crippen LogP contribution in [0.3, 0.4) is 0 Å². The molecule has 0 amide bonds. The lowest BCUT2D eigenvalue weighted by atomic mass is 9.99. The number of rotatable bonds is 7. The number of aryl methyl sites for hydroxylation is 1. The highest BCUT2D eigenvalue weighted by atomic mass is 15.0. The molecule has 1 aliphatic heterocycles. The van der Waals surface area contributed by atoms with Crippen molar-refractivity contribution in [2.24, 2.45) is 0 Å². The molecule has 0 aliphatic carbocycles. The summed E-state index contributed by atoms with van der Waals surface area (Å²) < 4.78 is 0. The Morgan fingerprint density at radius 1 is 1.26 bits per heavy atom. The lowest BCUT2D eigenvalue weighted by Crippen LogP contribution is -2.40. The highest BCUT2D eigenvalue weighted by molar-refractivity contribution is 5.14. The molecule has 2 nitrogen and oxygen atoms in total. The second-order valence-electron chi connectivity index (χ2n) is 5.83. The molecule has 106 valence electrons. The predicted octanol–water partition coefficient (Wildman–Crippen LogP) is 3.13. The molecule has 2 N–H and O–H groups in total. The molecule has 2 atom stereocenters. The smallest absolute Gasteiger partial charge is 0.00817 e. The van der Waals surface area contributed by atoms with Gasteiger partial charge in [0.1, 0.15) is 0 Å². The number of hydrogen-bond donors (Lipinski definition) is 2. The van der Waals surface area contributed by atoms with Crippen LogP contribution in [0.2, 0.25) is 0 Å². The number of benzene rings is 1. The molecule has 19 heavy (non-hydrogen) atoms. The normalized spacial score (nSPS) is 21.2. The van der Waals surface area contributed by atoms with Gasteiger partial charge in [0.25, 0.3) is 0 Å². The van der Waals surface area contributed by atoms with E-state index in [0.29, 0.717) is 6.04 Å². The Morgan fingerprint density at radius 3 is 2.84 bits per heavy atom. The molecule has 1 aromatic carbocycles. The van der Waals surface area contributed by atoms with Gasteiger partial charge in [-0.15, -0.1) is 0 Å². The van der Waals surface area contributed by atoms with Gasteiger partial charge >= 0.3 is 0 Å². The second kappa shape index (κ2) is 8.34. The Morgan fingerprint density at radius 2 is 2.11 bits per heavy atom. The number of piperidine rings is 1. The van der Waals surface area contributed by atoms with E-state index in [9.17, 15) is 0 Å². The van der Waals surface area contributed by atoms with Crippen molar-refractivity contribution in [3.05, 3.63) is 35.9 Å². The van der Waals surface area contributed by atoms with Crippen LogP contribution in [0.1, 0.15) is 44.6 Å². The molecule has 0 spiro atoms. The van der Waals surface area contributed by atoms with Crippen molar-refractivity contribution in [1.82, 2.24) is 10.6 Å². The maximum atomic E-state index is 3.66. The standard InChI is InChI=1S/C17H28N2/c1-15(14-17-11-5-6-12-19-17)18-13-7-10-16-8-3-2-4-9-16/h2-4,8-9,15,17-19H,5-7,10-14H2,1H3. The number of hydrogen-bond acceptors (Lipinski definition) is 2. The van der Waals surface area contributed by atoms with Gasteiger partial charge in [-0.2, -0.15) is 0 Å². The van der Waals surface area contributed by atoms with Crippen LogP contribution in [-0.4, -0.2) is 25.2 Å². The van der Waals surface area contributed by atoms with E-state index in [2.05, 4.69) is 47.9 Å². The van der Waals surface area contributed by atoms with Crippen molar-refractivity contribution in [3.63, 3.8) is 0 Å². The van der Waals surface area contributed by atoms with Gasteiger partial charge in [0, 0.05) is 12.1 Å². The molecule has 2 unspecified atom stereocenters. The van der Waals surface area contributed by atoms with E-state index in [4.69, 9.17) is 0 Å². The van der Waals surface area contributed by atoms with Crippen molar-refractivity contribution in [2.75, 3.05) is 13.1 Å². The van der Waals surface area contributed by atoms with E-state index in [0.717, 1.165) is 12.6 Å². The summed E-state index contributed by atoms with van der Waals surface area (Å²) >= 11 is 0. The Labute approximate surface area is 118 Å². The zero-order valence-electron chi connectivity index (χ0n) is 12.2. The minimum absolute atomic E-state index is 0.631. The highest BCUT2D eigenvalue weighted by Crippen LogP contribution is 2.11. The van der Waals surface area contributed by atoms with Gasteiger partial charge in [0.05, 0.1) is 0 Å². The summed E-state index contributed by atoms with van der Waals surface area (Å²) in [5, 5.41) is 7.29. The average molecular weight is 260 g/mol. The lowest BCUT2D eigenvalue weighted by molar-refractivity contribution is 0.345. The van der Waals surface area contributed by atoms with Crippen LogP contribution in [0.5, 0.6) is 0 Å². The molecule has 1 aliphatic rings. The Hall–Kier alpha value is -0.860. The molecule has 1 fully saturated rings. The zero-order chi connectivity index (χ0) is 13.3. The summed E-state index contributed by atoms with van der Waals surface area (Å²) in [6.07, 6.45) is 7.80. The van der Waals surface area contributed by atoms with Crippen LogP contribution in [0.25, 0.3) is 0 Å². The second-order valence-corrected chi connectivity index (χ2v) is 5.83. The number of nitrogens with one attached hydrogen (secondary N) is 2. The maximum absolute atomic E-state index is 3.66. The largest absolute Gasteiger partial charge is 0.314 e. The van der Waals surface area contributed by atoms with Gasteiger partial charge in [-0.1, -0.05) is 36.8 Å². The molecule has 2 heteroatoms. The van der Waals surface area contributed by atoms with Crippen molar-refractivity contribution in [2.45, 2.75) is 57.5 Å².